The molecule has 0 aliphatic carbocycles. The van der Waals surface area contributed by atoms with Gasteiger partial charge < -0.3 is 0 Å². The Morgan fingerprint density at radius 1 is 1.00 bits per heavy atom. The second-order valence-electron chi connectivity index (χ2n) is 0.424. The van der Waals surface area contributed by atoms with Gasteiger partial charge in [0.2, 0.25) is 0 Å². The molecule has 3 nitrogen and oxygen atoms in total. The Hall–Kier alpha value is 0.503. The number of hydrogen-bond acceptors (Lipinski definition) is 3. The van der Waals surface area contributed by atoms with Crippen molar-refractivity contribution in [3.8, 4) is 0 Å². The van der Waals surface area contributed by atoms with Crippen LogP contribution in [0.1, 0.15) is 0 Å². The summed E-state index contributed by atoms with van der Waals surface area (Å²) in [4.78, 5) is 0. The van der Waals surface area contributed by atoms with E-state index >= 15 is 0 Å². The van der Waals surface area contributed by atoms with E-state index in [9.17, 15) is 0 Å². The van der Waals surface area contributed by atoms with E-state index in [4.69, 9.17) is 11.8 Å². The van der Waals surface area contributed by atoms with Crippen LogP contribution in [0.25, 0.3) is 0 Å². The SMILES string of the molecule is [OH][Zn]([OH])[OH]. The molecular weight excluding hydrogens is 113 g/mol. The molecule has 0 aliphatic heterocycles. The zero-order valence-electron chi connectivity index (χ0n) is 2.05. The van der Waals surface area contributed by atoms with Crippen molar-refractivity contribution in [2.24, 2.45) is 0 Å². The van der Waals surface area contributed by atoms with Crippen molar-refractivity contribution in [1.82, 2.24) is 0 Å². The average molecular weight is 116 g/mol. The molecule has 0 saturated heterocycles. The predicted octanol–water partition coefficient (Wildman–Crippen LogP) is -1.67. The number of rotatable bonds is 0. The van der Waals surface area contributed by atoms with Gasteiger partial charge in [-0.2, -0.15) is 0 Å². The molecule has 0 atom stereocenters. The van der Waals surface area contributed by atoms with E-state index < -0.39 is 17.0 Å². The van der Waals surface area contributed by atoms with Crippen molar-refractivity contribution in [3.05, 3.63) is 0 Å². The summed E-state index contributed by atoms with van der Waals surface area (Å²) < 4.78 is 22.1. The first-order valence-electron chi connectivity index (χ1n) is 0.949. The second kappa shape index (κ2) is 1.79. The first-order chi connectivity index (χ1) is 1.73. The van der Waals surface area contributed by atoms with Crippen molar-refractivity contribution in [3.63, 3.8) is 0 Å². The van der Waals surface area contributed by atoms with E-state index in [2.05, 4.69) is 0 Å². The van der Waals surface area contributed by atoms with Gasteiger partial charge >= 0.3 is 28.8 Å². The fourth-order valence-electron chi connectivity index (χ4n) is 0. The van der Waals surface area contributed by atoms with Gasteiger partial charge in [-0.1, -0.05) is 0 Å². The predicted molar refractivity (Wildman–Crippen MR) is 6.66 cm³/mol. The average Bonchev–Trinajstić information content (AvgIpc) is 0.811. The van der Waals surface area contributed by atoms with Crippen LogP contribution in [-0.4, -0.2) is 11.8 Å². The van der Waals surface area contributed by atoms with Gasteiger partial charge in [-0.05, 0) is 0 Å². The molecule has 4 heteroatoms. The van der Waals surface area contributed by atoms with E-state index in [0.717, 1.165) is 0 Å². The molecule has 0 rings (SSSR count). The van der Waals surface area contributed by atoms with Gasteiger partial charge in [-0.25, -0.2) is 0 Å². The zero-order valence-corrected chi connectivity index (χ0v) is 5.02. The van der Waals surface area contributed by atoms with Crippen molar-refractivity contribution in [2.45, 2.75) is 0 Å². The molecule has 0 aromatic carbocycles. The van der Waals surface area contributed by atoms with E-state index in [1.807, 2.05) is 0 Å². The Kier molecular flexibility index (Phi) is 2.01. The third-order valence-corrected chi connectivity index (χ3v) is 0. The molecule has 3 N–H and O–H groups in total. The molecule has 0 aromatic rings. The van der Waals surface area contributed by atoms with Crippen LogP contribution in [0.2, 0.25) is 0 Å². The fourth-order valence-corrected chi connectivity index (χ4v) is 0. The Labute approximate surface area is 29.6 Å². The summed E-state index contributed by atoms with van der Waals surface area (Å²) in [5.74, 6) is 0. The second-order valence-corrected chi connectivity index (χ2v) is 2.20. The molecule has 0 radical (unpaired) electrons. The van der Waals surface area contributed by atoms with Gasteiger partial charge in [0.15, 0.2) is 0 Å². The fraction of sp³-hybridized carbons (Fsp3) is 0. The molecule has 0 fully saturated rings. The molecule has 23 valence electrons. The van der Waals surface area contributed by atoms with Gasteiger partial charge in [-0.3, -0.25) is 0 Å². The summed E-state index contributed by atoms with van der Waals surface area (Å²) in [7, 11) is 0. The van der Waals surface area contributed by atoms with Crippen molar-refractivity contribution < 1.29 is 28.8 Å². The van der Waals surface area contributed by atoms with Crippen LogP contribution in [0.5, 0.6) is 0 Å². The van der Waals surface area contributed by atoms with E-state index in [1.165, 1.54) is 0 Å². The van der Waals surface area contributed by atoms with Gasteiger partial charge in [0.25, 0.3) is 0 Å². The molecule has 0 unspecified atom stereocenters. The number of hydrogen-bond donors (Lipinski definition) is 3. The van der Waals surface area contributed by atoms with Crippen LogP contribution in [0.4, 0.5) is 0 Å². The van der Waals surface area contributed by atoms with Gasteiger partial charge in [0.1, 0.15) is 0 Å². The minimum absolute atomic E-state index is 3.62. The Morgan fingerprint density at radius 2 is 1.00 bits per heavy atom. The summed E-state index contributed by atoms with van der Waals surface area (Å²) in [6.45, 7) is 0. The maximum absolute atomic E-state index is 7.38. The van der Waals surface area contributed by atoms with Crippen LogP contribution in [0.3, 0.4) is 0 Å². The molecule has 0 aliphatic rings. The third kappa shape index (κ3) is 22.3. The van der Waals surface area contributed by atoms with Crippen molar-refractivity contribution in [1.29, 1.82) is 0 Å². The van der Waals surface area contributed by atoms with Crippen LogP contribution in [0.15, 0.2) is 0 Å². The molecule has 0 heterocycles. The van der Waals surface area contributed by atoms with E-state index in [1.54, 1.807) is 0 Å². The first-order valence-corrected chi connectivity index (χ1v) is 4.93. The summed E-state index contributed by atoms with van der Waals surface area (Å²) in [5, 5.41) is 0. The molecular formula is H3O3Zn. The van der Waals surface area contributed by atoms with Gasteiger partial charge in [0.05, 0.1) is 0 Å². The standard InChI is InChI=1S/3H2O.Zn/h3*1H2;/q;;;+3/p-3. The Morgan fingerprint density at radius 3 is 1.00 bits per heavy atom. The van der Waals surface area contributed by atoms with Crippen LogP contribution < -0.4 is 0 Å². The van der Waals surface area contributed by atoms with Crippen molar-refractivity contribution >= 4 is 0 Å². The monoisotopic (exact) mass is 115 g/mol. The maximum atomic E-state index is 7.38. The first kappa shape index (κ1) is 4.50. The van der Waals surface area contributed by atoms with E-state index in [0.29, 0.717) is 0 Å². The molecule has 0 spiro atoms. The van der Waals surface area contributed by atoms with Gasteiger partial charge in [0, 0.05) is 0 Å². The van der Waals surface area contributed by atoms with Crippen LogP contribution in [0, 0.1) is 0 Å². The normalized spacial score (nSPS) is 6.75. The van der Waals surface area contributed by atoms with E-state index in [-0.39, 0.29) is 0 Å². The molecule has 0 amide bonds. The summed E-state index contributed by atoms with van der Waals surface area (Å²) in [6, 6.07) is 0. The molecule has 4 heavy (non-hydrogen) atoms. The van der Waals surface area contributed by atoms with Crippen molar-refractivity contribution in [2.75, 3.05) is 0 Å². The quantitative estimate of drug-likeness (QED) is 0.332. The molecule has 0 bridgehead atoms. The Bertz CT molecular complexity index is 8.00. The summed E-state index contributed by atoms with van der Waals surface area (Å²) in [6.07, 6.45) is 0. The minimum atomic E-state index is -3.62. The molecule has 0 saturated carbocycles. The third-order valence-electron chi connectivity index (χ3n) is 0. The Balaban J connectivity index is 2.32. The van der Waals surface area contributed by atoms with Crippen LogP contribution in [-0.2, 0) is 17.0 Å². The van der Waals surface area contributed by atoms with Gasteiger partial charge in [-0.15, -0.1) is 0 Å². The molecule has 0 aromatic heterocycles. The van der Waals surface area contributed by atoms with Crippen LogP contribution >= 0.6 is 0 Å². The summed E-state index contributed by atoms with van der Waals surface area (Å²) in [5.41, 5.74) is 0. The zero-order chi connectivity index (χ0) is 3.58. The summed E-state index contributed by atoms with van der Waals surface area (Å²) >= 11 is -3.62. The topological polar surface area (TPSA) is 60.7 Å².